The molecule has 4 aromatic rings. The predicted octanol–water partition coefficient (Wildman–Crippen LogP) is 3.87. The van der Waals surface area contributed by atoms with Crippen molar-refractivity contribution in [1.29, 1.82) is 0 Å². The van der Waals surface area contributed by atoms with Crippen LogP contribution in [0.4, 0.5) is 5.00 Å². The minimum absolute atomic E-state index is 0.116. The zero-order valence-corrected chi connectivity index (χ0v) is 15.6. The molecule has 0 aliphatic carbocycles. The number of anilines is 1. The highest BCUT2D eigenvalue weighted by atomic mass is 35.5. The number of carbonyl (C=O) groups is 1. The van der Waals surface area contributed by atoms with Crippen molar-refractivity contribution in [3.63, 3.8) is 0 Å². The monoisotopic (exact) mass is 402 g/mol. The average molecular weight is 403 g/mol. The number of halogens is 1. The number of thiazole rings is 1. The summed E-state index contributed by atoms with van der Waals surface area (Å²) in [5, 5.41) is 8.32. The Morgan fingerprint density at radius 1 is 1.19 bits per heavy atom. The first-order chi connectivity index (χ1) is 12.6. The SMILES string of the molecule is O=C(Cn1c(=O)ccc2ncccc21)Nc1scc(Cl)c1-c1nccs1. The van der Waals surface area contributed by atoms with Gasteiger partial charge in [-0.3, -0.25) is 19.1 Å². The Morgan fingerprint density at radius 2 is 2.08 bits per heavy atom. The Balaban J connectivity index is 1.64. The summed E-state index contributed by atoms with van der Waals surface area (Å²) in [6.07, 6.45) is 3.33. The third-order valence-electron chi connectivity index (χ3n) is 3.70. The fourth-order valence-electron chi connectivity index (χ4n) is 2.57. The molecule has 1 N–H and O–H groups in total. The molecule has 0 radical (unpaired) electrons. The van der Waals surface area contributed by atoms with Gasteiger partial charge in [-0.1, -0.05) is 11.6 Å². The summed E-state index contributed by atoms with van der Waals surface area (Å²) in [5.74, 6) is -0.320. The van der Waals surface area contributed by atoms with E-state index in [1.807, 2.05) is 5.38 Å². The second kappa shape index (κ2) is 6.99. The molecular formula is C17H11ClN4O2S2. The summed E-state index contributed by atoms with van der Waals surface area (Å²) in [6.45, 7) is -0.116. The lowest BCUT2D eigenvalue weighted by molar-refractivity contribution is -0.116. The highest BCUT2D eigenvalue weighted by Crippen LogP contribution is 2.41. The zero-order chi connectivity index (χ0) is 18.1. The van der Waals surface area contributed by atoms with Crippen LogP contribution < -0.4 is 10.9 Å². The van der Waals surface area contributed by atoms with E-state index in [4.69, 9.17) is 11.6 Å². The minimum atomic E-state index is -0.320. The molecule has 1 amide bonds. The first kappa shape index (κ1) is 16.9. The molecule has 4 rings (SSSR count). The van der Waals surface area contributed by atoms with Crippen LogP contribution in [0.15, 0.2) is 52.2 Å². The topological polar surface area (TPSA) is 76.9 Å². The van der Waals surface area contributed by atoms with Crippen LogP contribution in [0.5, 0.6) is 0 Å². The van der Waals surface area contributed by atoms with Crippen molar-refractivity contribution >= 4 is 56.2 Å². The summed E-state index contributed by atoms with van der Waals surface area (Å²) in [4.78, 5) is 33.2. The van der Waals surface area contributed by atoms with Crippen molar-refractivity contribution in [3.8, 4) is 10.6 Å². The van der Waals surface area contributed by atoms with Gasteiger partial charge in [-0.2, -0.15) is 0 Å². The molecule has 0 saturated heterocycles. The molecule has 0 aliphatic heterocycles. The quantitative estimate of drug-likeness (QED) is 0.562. The maximum absolute atomic E-state index is 12.6. The lowest BCUT2D eigenvalue weighted by Gasteiger charge is -2.10. The van der Waals surface area contributed by atoms with E-state index in [-0.39, 0.29) is 18.0 Å². The second-order valence-corrected chi connectivity index (χ2v) is 7.52. The summed E-state index contributed by atoms with van der Waals surface area (Å²) in [7, 11) is 0. The van der Waals surface area contributed by atoms with Crippen LogP contribution in [0.25, 0.3) is 21.6 Å². The predicted molar refractivity (Wildman–Crippen MR) is 105 cm³/mol. The van der Waals surface area contributed by atoms with E-state index < -0.39 is 0 Å². The van der Waals surface area contributed by atoms with E-state index in [9.17, 15) is 9.59 Å². The highest BCUT2D eigenvalue weighted by molar-refractivity contribution is 7.17. The molecule has 4 aromatic heterocycles. The molecule has 0 aliphatic rings. The van der Waals surface area contributed by atoms with Gasteiger partial charge in [0.1, 0.15) is 16.6 Å². The van der Waals surface area contributed by atoms with E-state index in [1.54, 1.807) is 36.0 Å². The molecule has 0 bridgehead atoms. The molecule has 0 aromatic carbocycles. The van der Waals surface area contributed by atoms with Crippen LogP contribution in [-0.4, -0.2) is 20.4 Å². The largest absolute Gasteiger partial charge is 0.316 e. The Bertz CT molecular complexity index is 1150. The number of pyridine rings is 2. The van der Waals surface area contributed by atoms with Gasteiger partial charge in [0.15, 0.2) is 0 Å². The maximum Gasteiger partial charge on any atom is 0.251 e. The van der Waals surface area contributed by atoms with Crippen molar-refractivity contribution in [2.75, 3.05) is 5.32 Å². The minimum Gasteiger partial charge on any atom is -0.316 e. The van der Waals surface area contributed by atoms with Gasteiger partial charge in [0.25, 0.3) is 5.56 Å². The zero-order valence-electron chi connectivity index (χ0n) is 13.2. The normalized spacial score (nSPS) is 11.0. The summed E-state index contributed by atoms with van der Waals surface area (Å²) in [5.41, 5.74) is 1.71. The molecular weight excluding hydrogens is 392 g/mol. The van der Waals surface area contributed by atoms with Gasteiger partial charge in [-0.15, -0.1) is 22.7 Å². The Hall–Kier alpha value is -2.55. The molecule has 6 nitrogen and oxygen atoms in total. The van der Waals surface area contributed by atoms with Crippen molar-refractivity contribution in [1.82, 2.24) is 14.5 Å². The molecule has 0 unspecified atom stereocenters. The van der Waals surface area contributed by atoms with E-state index >= 15 is 0 Å². The first-order valence-electron chi connectivity index (χ1n) is 7.55. The molecule has 9 heteroatoms. The number of amides is 1. The van der Waals surface area contributed by atoms with Crippen LogP contribution in [0.2, 0.25) is 5.02 Å². The molecule has 0 spiro atoms. The van der Waals surface area contributed by atoms with Crippen molar-refractivity contribution in [2.45, 2.75) is 6.54 Å². The van der Waals surface area contributed by atoms with E-state index in [2.05, 4.69) is 15.3 Å². The van der Waals surface area contributed by atoms with Gasteiger partial charge in [0.05, 0.1) is 21.6 Å². The van der Waals surface area contributed by atoms with Crippen LogP contribution in [0, 0.1) is 0 Å². The van der Waals surface area contributed by atoms with Gasteiger partial charge < -0.3 is 5.32 Å². The van der Waals surface area contributed by atoms with Crippen molar-refractivity contribution in [3.05, 3.63) is 62.8 Å². The standard InChI is InChI=1S/C17H11ClN4O2S2/c18-10-9-26-17(15(10)16-20-6-7-25-16)21-13(23)8-22-12-2-1-5-19-11(12)3-4-14(22)24/h1-7,9H,8H2,(H,21,23). The number of fused-ring (bicyclic) bond motifs is 1. The van der Waals surface area contributed by atoms with Crippen LogP contribution >= 0.6 is 34.3 Å². The number of hydrogen-bond donors (Lipinski definition) is 1. The van der Waals surface area contributed by atoms with E-state index in [1.165, 1.54) is 33.3 Å². The number of thiophene rings is 1. The summed E-state index contributed by atoms with van der Waals surface area (Å²) in [6, 6.07) is 6.55. The summed E-state index contributed by atoms with van der Waals surface area (Å²) >= 11 is 9.01. The van der Waals surface area contributed by atoms with Crippen LogP contribution in [-0.2, 0) is 11.3 Å². The third kappa shape index (κ3) is 3.14. The smallest absolute Gasteiger partial charge is 0.251 e. The second-order valence-electron chi connectivity index (χ2n) is 5.34. The van der Waals surface area contributed by atoms with E-state index in [0.717, 1.165) is 5.01 Å². The average Bonchev–Trinajstić information content (AvgIpc) is 3.27. The van der Waals surface area contributed by atoms with Gasteiger partial charge >= 0.3 is 0 Å². The number of nitrogens with one attached hydrogen (secondary N) is 1. The molecule has 0 saturated carbocycles. The van der Waals surface area contributed by atoms with Crippen molar-refractivity contribution in [2.24, 2.45) is 0 Å². The number of carbonyl (C=O) groups excluding carboxylic acids is 1. The molecule has 4 heterocycles. The fraction of sp³-hybridized carbons (Fsp3) is 0.0588. The number of hydrogen-bond acceptors (Lipinski definition) is 6. The Morgan fingerprint density at radius 3 is 2.88 bits per heavy atom. The molecule has 26 heavy (non-hydrogen) atoms. The molecule has 130 valence electrons. The lowest BCUT2D eigenvalue weighted by atomic mass is 10.3. The van der Waals surface area contributed by atoms with Crippen LogP contribution in [0.1, 0.15) is 0 Å². The van der Waals surface area contributed by atoms with Gasteiger partial charge in [0.2, 0.25) is 5.91 Å². The molecule has 0 fully saturated rings. The lowest BCUT2D eigenvalue weighted by Crippen LogP contribution is -2.27. The van der Waals surface area contributed by atoms with Gasteiger partial charge in [-0.05, 0) is 18.2 Å². The third-order valence-corrected chi connectivity index (χ3v) is 5.82. The number of aromatic nitrogens is 3. The number of rotatable bonds is 4. The molecule has 0 atom stereocenters. The Kier molecular flexibility index (Phi) is 4.54. The van der Waals surface area contributed by atoms with Crippen molar-refractivity contribution < 1.29 is 4.79 Å². The fourth-order valence-corrected chi connectivity index (χ4v) is 4.61. The van der Waals surface area contributed by atoms with Gasteiger partial charge in [0, 0.05) is 29.2 Å². The van der Waals surface area contributed by atoms with E-state index in [0.29, 0.717) is 26.6 Å². The number of nitrogens with zero attached hydrogens (tertiary/aromatic N) is 3. The van der Waals surface area contributed by atoms with Crippen LogP contribution in [0.3, 0.4) is 0 Å². The van der Waals surface area contributed by atoms with Gasteiger partial charge in [-0.25, -0.2) is 4.98 Å². The maximum atomic E-state index is 12.6. The first-order valence-corrected chi connectivity index (χ1v) is 9.68. The Labute approximate surface area is 160 Å². The summed E-state index contributed by atoms with van der Waals surface area (Å²) < 4.78 is 1.40. The highest BCUT2D eigenvalue weighted by Gasteiger charge is 2.17.